The number of carbonyl (C=O) groups excluding carboxylic acids is 1. The second-order valence-corrected chi connectivity index (χ2v) is 7.54. The first-order valence-electron chi connectivity index (χ1n) is 11.0. The minimum Gasteiger partial charge on any atom is -0.508 e. The Morgan fingerprint density at radius 2 is 1.50 bits per heavy atom. The molecule has 0 saturated heterocycles. The molecule has 0 saturated carbocycles. The number of hydrogen-bond donors (Lipinski definition) is 4. The minimum absolute atomic E-state index is 0.0639. The molecule has 0 unspecified atom stereocenters. The molecule has 0 bridgehead atoms. The van der Waals surface area contributed by atoms with Crippen molar-refractivity contribution in [3.8, 4) is 17.2 Å². The molecular weight excluding hydrogens is 402 g/mol. The summed E-state index contributed by atoms with van der Waals surface area (Å²) in [6, 6.07) is 24.3. The molecule has 6 nitrogen and oxygen atoms in total. The van der Waals surface area contributed by atoms with Gasteiger partial charge in [-0.05, 0) is 93.0 Å². The van der Waals surface area contributed by atoms with E-state index >= 15 is 0 Å². The van der Waals surface area contributed by atoms with Crippen LogP contribution in [0.1, 0.15) is 18.4 Å². The van der Waals surface area contributed by atoms with E-state index in [1.165, 1.54) is 0 Å². The summed E-state index contributed by atoms with van der Waals surface area (Å²) in [4.78, 5) is 12.1. The smallest absolute Gasteiger partial charge is 0.238 e. The Kier molecular flexibility index (Phi) is 9.58. The summed E-state index contributed by atoms with van der Waals surface area (Å²) in [6.07, 6.45) is 2.93. The van der Waals surface area contributed by atoms with E-state index < -0.39 is 0 Å². The molecule has 4 N–H and O–H groups in total. The highest BCUT2D eigenvalue weighted by molar-refractivity contribution is 5.92. The highest BCUT2D eigenvalue weighted by atomic mass is 16.5. The summed E-state index contributed by atoms with van der Waals surface area (Å²) in [5, 5.41) is 18.9. The fraction of sp³-hybridized carbons (Fsp3) is 0.269. The molecule has 0 aliphatic rings. The van der Waals surface area contributed by atoms with Crippen LogP contribution in [-0.4, -0.2) is 37.2 Å². The molecule has 0 aliphatic carbocycles. The summed E-state index contributed by atoms with van der Waals surface area (Å²) in [5.74, 6) is 1.75. The van der Waals surface area contributed by atoms with Gasteiger partial charge in [0, 0.05) is 5.69 Å². The molecule has 168 valence electrons. The maximum atomic E-state index is 12.1. The number of rotatable bonds is 13. The van der Waals surface area contributed by atoms with Gasteiger partial charge in [0.25, 0.3) is 0 Å². The Morgan fingerprint density at radius 3 is 2.25 bits per heavy atom. The number of unbranched alkanes of at least 4 members (excludes halogenated alkanes) is 1. The van der Waals surface area contributed by atoms with Crippen LogP contribution in [0, 0.1) is 0 Å². The molecule has 1 amide bonds. The summed E-state index contributed by atoms with van der Waals surface area (Å²) < 4.78 is 5.75. The van der Waals surface area contributed by atoms with Crippen LogP contribution in [-0.2, 0) is 11.2 Å². The lowest BCUT2D eigenvalue weighted by Gasteiger charge is -2.09. The van der Waals surface area contributed by atoms with E-state index in [4.69, 9.17) is 4.74 Å². The van der Waals surface area contributed by atoms with Gasteiger partial charge >= 0.3 is 0 Å². The van der Waals surface area contributed by atoms with Crippen LogP contribution >= 0.6 is 0 Å². The number of hydrogen-bond acceptors (Lipinski definition) is 5. The largest absolute Gasteiger partial charge is 0.508 e. The molecule has 0 fully saturated rings. The highest BCUT2D eigenvalue weighted by Crippen LogP contribution is 2.22. The predicted molar refractivity (Wildman–Crippen MR) is 128 cm³/mol. The number of phenols is 1. The van der Waals surface area contributed by atoms with Gasteiger partial charge in [0.2, 0.25) is 5.91 Å². The van der Waals surface area contributed by atoms with Crippen molar-refractivity contribution in [2.75, 3.05) is 31.5 Å². The van der Waals surface area contributed by atoms with Crippen molar-refractivity contribution >= 4 is 11.6 Å². The summed E-state index contributed by atoms with van der Waals surface area (Å²) in [7, 11) is 0. The third-order valence-corrected chi connectivity index (χ3v) is 4.86. The molecule has 0 aliphatic heterocycles. The number of aromatic hydroxyl groups is 1. The average molecular weight is 434 g/mol. The first-order chi connectivity index (χ1) is 15.7. The standard InChI is InChI=1S/C26H31N3O3/c30-23-8-6-7-21(19-23)15-18-27-16-4-5-17-28-20-26(31)29-22-11-13-25(14-12-22)32-24-9-2-1-3-10-24/h1-3,6-14,19,27-28,30H,4-5,15-18,20H2,(H,29,31). The fourth-order valence-corrected chi connectivity index (χ4v) is 3.21. The van der Waals surface area contributed by atoms with E-state index in [-0.39, 0.29) is 12.5 Å². The van der Waals surface area contributed by atoms with Gasteiger partial charge in [0.15, 0.2) is 0 Å². The summed E-state index contributed by atoms with van der Waals surface area (Å²) >= 11 is 0. The fourth-order valence-electron chi connectivity index (χ4n) is 3.21. The van der Waals surface area contributed by atoms with Crippen LogP contribution in [0.4, 0.5) is 5.69 Å². The zero-order valence-corrected chi connectivity index (χ0v) is 18.2. The summed E-state index contributed by atoms with van der Waals surface area (Å²) in [5.41, 5.74) is 1.87. The van der Waals surface area contributed by atoms with Crippen LogP contribution < -0.4 is 20.7 Å². The Morgan fingerprint density at radius 1 is 0.781 bits per heavy atom. The molecule has 3 rings (SSSR count). The van der Waals surface area contributed by atoms with E-state index in [0.717, 1.165) is 61.6 Å². The van der Waals surface area contributed by atoms with E-state index in [0.29, 0.717) is 5.75 Å². The Labute approximate surface area is 189 Å². The van der Waals surface area contributed by atoms with Gasteiger partial charge in [-0.1, -0.05) is 30.3 Å². The van der Waals surface area contributed by atoms with Crippen molar-refractivity contribution in [3.05, 3.63) is 84.4 Å². The Balaban J connectivity index is 1.21. The molecule has 3 aromatic rings. The van der Waals surface area contributed by atoms with Gasteiger partial charge in [-0.2, -0.15) is 0 Å². The van der Waals surface area contributed by atoms with E-state index in [1.54, 1.807) is 12.1 Å². The molecule has 3 aromatic carbocycles. The lowest BCUT2D eigenvalue weighted by atomic mass is 10.1. The number of para-hydroxylation sites is 1. The number of nitrogens with one attached hydrogen (secondary N) is 3. The van der Waals surface area contributed by atoms with Crippen molar-refractivity contribution in [2.45, 2.75) is 19.3 Å². The number of amides is 1. The number of anilines is 1. The van der Waals surface area contributed by atoms with Crippen molar-refractivity contribution in [3.63, 3.8) is 0 Å². The monoisotopic (exact) mass is 433 g/mol. The lowest BCUT2D eigenvalue weighted by molar-refractivity contribution is -0.115. The highest BCUT2D eigenvalue weighted by Gasteiger charge is 2.03. The lowest BCUT2D eigenvalue weighted by Crippen LogP contribution is -2.29. The number of ether oxygens (including phenoxy) is 1. The molecule has 0 spiro atoms. The molecule has 0 heterocycles. The average Bonchev–Trinajstić information content (AvgIpc) is 2.80. The van der Waals surface area contributed by atoms with Crippen LogP contribution in [0.5, 0.6) is 17.2 Å². The van der Waals surface area contributed by atoms with Crippen molar-refractivity contribution in [1.29, 1.82) is 0 Å². The van der Waals surface area contributed by atoms with Gasteiger partial charge in [0.05, 0.1) is 6.54 Å². The van der Waals surface area contributed by atoms with Crippen LogP contribution in [0.25, 0.3) is 0 Å². The van der Waals surface area contributed by atoms with E-state index in [9.17, 15) is 9.90 Å². The van der Waals surface area contributed by atoms with E-state index in [2.05, 4.69) is 16.0 Å². The van der Waals surface area contributed by atoms with Gasteiger partial charge in [0.1, 0.15) is 17.2 Å². The van der Waals surface area contributed by atoms with Crippen LogP contribution in [0.2, 0.25) is 0 Å². The molecule has 0 aromatic heterocycles. The van der Waals surface area contributed by atoms with Gasteiger partial charge in [-0.15, -0.1) is 0 Å². The van der Waals surface area contributed by atoms with Crippen LogP contribution in [0.3, 0.4) is 0 Å². The first kappa shape index (κ1) is 23.3. The minimum atomic E-state index is -0.0639. The number of benzene rings is 3. The second kappa shape index (κ2) is 13.1. The molecule has 0 atom stereocenters. The topological polar surface area (TPSA) is 82.6 Å². The molecule has 32 heavy (non-hydrogen) atoms. The third-order valence-electron chi connectivity index (χ3n) is 4.86. The van der Waals surface area contributed by atoms with Crippen molar-refractivity contribution < 1.29 is 14.6 Å². The molecular formula is C26H31N3O3. The zero-order valence-electron chi connectivity index (χ0n) is 18.2. The second-order valence-electron chi connectivity index (χ2n) is 7.54. The van der Waals surface area contributed by atoms with Gasteiger partial charge < -0.3 is 25.8 Å². The number of phenolic OH excluding ortho intramolecular Hbond substituents is 1. The quantitative estimate of drug-likeness (QED) is 0.302. The zero-order chi connectivity index (χ0) is 22.4. The maximum absolute atomic E-state index is 12.1. The van der Waals surface area contributed by atoms with Crippen molar-refractivity contribution in [2.24, 2.45) is 0 Å². The number of carbonyl (C=O) groups is 1. The first-order valence-corrected chi connectivity index (χ1v) is 11.0. The SMILES string of the molecule is O=C(CNCCCCNCCc1cccc(O)c1)Nc1ccc(Oc2ccccc2)cc1. The van der Waals surface area contributed by atoms with Crippen molar-refractivity contribution in [1.82, 2.24) is 10.6 Å². The maximum Gasteiger partial charge on any atom is 0.238 e. The Bertz CT molecular complexity index is 946. The molecule has 6 heteroatoms. The normalized spacial score (nSPS) is 10.6. The molecule has 0 radical (unpaired) electrons. The van der Waals surface area contributed by atoms with Crippen LogP contribution in [0.15, 0.2) is 78.9 Å². The predicted octanol–water partition coefficient (Wildman–Crippen LogP) is 4.33. The van der Waals surface area contributed by atoms with Gasteiger partial charge in [-0.25, -0.2) is 0 Å². The third kappa shape index (κ3) is 8.79. The van der Waals surface area contributed by atoms with E-state index in [1.807, 2.05) is 66.7 Å². The van der Waals surface area contributed by atoms with Gasteiger partial charge in [-0.3, -0.25) is 4.79 Å². The Hall–Kier alpha value is -3.35. The summed E-state index contributed by atoms with van der Waals surface area (Å²) in [6.45, 7) is 2.90.